The van der Waals surface area contributed by atoms with Gasteiger partial charge >= 0.3 is 0 Å². The average Bonchev–Trinajstić information content (AvgIpc) is 3.26. The summed E-state index contributed by atoms with van der Waals surface area (Å²) in [5.41, 5.74) is 3.04. The Balaban J connectivity index is 0.00000385. The Hall–Kier alpha value is -2.88. The van der Waals surface area contributed by atoms with Gasteiger partial charge in [-0.05, 0) is 36.6 Å². The van der Waals surface area contributed by atoms with E-state index in [1.54, 1.807) is 7.05 Å². The molecule has 0 aliphatic rings. The number of aromatic nitrogens is 2. The van der Waals surface area contributed by atoms with Gasteiger partial charge < -0.3 is 20.5 Å². The van der Waals surface area contributed by atoms with E-state index in [-0.39, 0.29) is 29.9 Å². The summed E-state index contributed by atoms with van der Waals surface area (Å²) in [6.07, 6.45) is 5.43. The number of carbonyl (C=O) groups is 1. The summed E-state index contributed by atoms with van der Waals surface area (Å²) in [4.78, 5) is 21.0. The molecule has 7 nitrogen and oxygen atoms in total. The molecule has 1 heterocycles. The Kier molecular flexibility index (Phi) is 11.4. The van der Waals surface area contributed by atoms with E-state index in [1.165, 1.54) is 5.56 Å². The van der Waals surface area contributed by atoms with Gasteiger partial charge in [0.1, 0.15) is 5.82 Å². The summed E-state index contributed by atoms with van der Waals surface area (Å²) in [6, 6.07) is 18.1. The van der Waals surface area contributed by atoms with Crippen LogP contribution in [0.1, 0.15) is 34.2 Å². The molecule has 3 N–H and O–H groups in total. The first-order valence-corrected chi connectivity index (χ1v) is 11.1. The van der Waals surface area contributed by atoms with Gasteiger partial charge in [0.2, 0.25) is 0 Å². The highest BCUT2D eigenvalue weighted by Gasteiger charge is 2.06. The van der Waals surface area contributed by atoms with Gasteiger partial charge in [-0.3, -0.25) is 9.79 Å². The van der Waals surface area contributed by atoms with Gasteiger partial charge in [0.15, 0.2) is 5.96 Å². The average molecular weight is 560 g/mol. The zero-order chi connectivity index (χ0) is 22.6. The van der Waals surface area contributed by atoms with Crippen LogP contribution in [0.15, 0.2) is 72.0 Å². The van der Waals surface area contributed by atoms with E-state index in [0.717, 1.165) is 49.8 Å². The van der Waals surface area contributed by atoms with E-state index in [1.807, 2.05) is 42.7 Å². The van der Waals surface area contributed by atoms with Gasteiger partial charge in [-0.1, -0.05) is 42.5 Å². The van der Waals surface area contributed by atoms with Crippen LogP contribution in [0.25, 0.3) is 0 Å². The Morgan fingerprint density at radius 1 is 1.03 bits per heavy atom. The maximum atomic E-state index is 11.8. The van der Waals surface area contributed by atoms with Crippen LogP contribution in [0.3, 0.4) is 0 Å². The van der Waals surface area contributed by atoms with Crippen LogP contribution in [0.2, 0.25) is 0 Å². The van der Waals surface area contributed by atoms with E-state index >= 15 is 0 Å². The third-order valence-electron chi connectivity index (χ3n) is 5.07. The van der Waals surface area contributed by atoms with Gasteiger partial charge in [-0.2, -0.15) is 0 Å². The van der Waals surface area contributed by atoms with Crippen molar-refractivity contribution in [3.63, 3.8) is 0 Å². The molecule has 0 atom stereocenters. The predicted molar refractivity (Wildman–Crippen MR) is 144 cm³/mol. The topological polar surface area (TPSA) is 83.3 Å². The van der Waals surface area contributed by atoms with Crippen LogP contribution in [0.4, 0.5) is 0 Å². The smallest absolute Gasteiger partial charge is 0.251 e. The Labute approximate surface area is 213 Å². The third-order valence-corrected chi connectivity index (χ3v) is 5.07. The number of hydrogen-bond acceptors (Lipinski definition) is 3. The number of amides is 1. The molecular formula is C25H33IN6O. The molecule has 1 aromatic heterocycles. The lowest BCUT2D eigenvalue weighted by Gasteiger charge is -2.12. The van der Waals surface area contributed by atoms with Crippen LogP contribution >= 0.6 is 24.0 Å². The molecule has 0 saturated carbocycles. The second-order valence-corrected chi connectivity index (χ2v) is 7.42. The van der Waals surface area contributed by atoms with Crippen molar-refractivity contribution in [2.75, 3.05) is 26.7 Å². The summed E-state index contributed by atoms with van der Waals surface area (Å²) in [7, 11) is 1.64. The van der Waals surface area contributed by atoms with Gasteiger partial charge in [-0.15, -0.1) is 24.0 Å². The SMILES string of the molecule is CCNC(=NCCc1nccn1Cc1ccccc1)NCCc1cccc(C(=O)NC)c1.I. The minimum atomic E-state index is -0.0691. The highest BCUT2D eigenvalue weighted by molar-refractivity contribution is 14.0. The molecule has 0 saturated heterocycles. The number of benzene rings is 2. The second kappa shape index (κ2) is 14.3. The molecule has 0 aliphatic carbocycles. The number of hydrogen-bond donors (Lipinski definition) is 3. The van der Waals surface area contributed by atoms with Gasteiger partial charge in [-0.25, -0.2) is 4.98 Å². The summed E-state index contributed by atoms with van der Waals surface area (Å²) in [5.74, 6) is 1.75. The molecule has 0 bridgehead atoms. The fourth-order valence-electron chi connectivity index (χ4n) is 3.44. The second-order valence-electron chi connectivity index (χ2n) is 7.42. The van der Waals surface area contributed by atoms with Crippen molar-refractivity contribution in [3.05, 3.63) is 89.5 Å². The molecular weight excluding hydrogens is 527 g/mol. The largest absolute Gasteiger partial charge is 0.357 e. The van der Waals surface area contributed by atoms with Crippen molar-refractivity contribution in [1.82, 2.24) is 25.5 Å². The number of carbonyl (C=O) groups excluding carboxylic acids is 1. The van der Waals surface area contributed by atoms with Crippen LogP contribution < -0.4 is 16.0 Å². The van der Waals surface area contributed by atoms with E-state index in [9.17, 15) is 4.79 Å². The molecule has 3 aromatic rings. The predicted octanol–water partition coefficient (Wildman–Crippen LogP) is 3.25. The molecule has 1 amide bonds. The molecule has 0 spiro atoms. The molecule has 0 aliphatic heterocycles. The normalized spacial score (nSPS) is 10.9. The monoisotopic (exact) mass is 560 g/mol. The summed E-state index contributed by atoms with van der Waals surface area (Å²) in [6.45, 7) is 5.03. The van der Waals surface area contributed by atoms with Crippen molar-refractivity contribution in [2.24, 2.45) is 4.99 Å². The van der Waals surface area contributed by atoms with Crippen molar-refractivity contribution >= 4 is 35.8 Å². The minimum Gasteiger partial charge on any atom is -0.357 e. The summed E-state index contributed by atoms with van der Waals surface area (Å²) >= 11 is 0. The van der Waals surface area contributed by atoms with Crippen LogP contribution in [0.5, 0.6) is 0 Å². The number of imidazole rings is 1. The Bertz CT molecular complexity index is 1020. The lowest BCUT2D eigenvalue weighted by molar-refractivity contribution is 0.0963. The van der Waals surface area contributed by atoms with E-state index in [0.29, 0.717) is 12.1 Å². The fourth-order valence-corrected chi connectivity index (χ4v) is 3.44. The first-order valence-electron chi connectivity index (χ1n) is 11.1. The fraction of sp³-hybridized carbons (Fsp3) is 0.320. The maximum Gasteiger partial charge on any atom is 0.251 e. The van der Waals surface area contributed by atoms with E-state index < -0.39 is 0 Å². The van der Waals surface area contributed by atoms with Gasteiger partial charge in [0, 0.05) is 57.6 Å². The molecule has 8 heteroatoms. The number of nitrogens with zero attached hydrogens (tertiary/aromatic N) is 3. The van der Waals surface area contributed by atoms with Gasteiger partial charge in [0.05, 0.1) is 0 Å². The van der Waals surface area contributed by atoms with Gasteiger partial charge in [0.25, 0.3) is 5.91 Å². The van der Waals surface area contributed by atoms with Crippen LogP contribution in [0, 0.1) is 0 Å². The van der Waals surface area contributed by atoms with Crippen LogP contribution in [-0.2, 0) is 19.4 Å². The van der Waals surface area contributed by atoms with Crippen molar-refractivity contribution in [1.29, 1.82) is 0 Å². The Morgan fingerprint density at radius 3 is 2.58 bits per heavy atom. The highest BCUT2D eigenvalue weighted by Crippen LogP contribution is 2.07. The molecule has 0 fully saturated rings. The van der Waals surface area contributed by atoms with E-state index in [4.69, 9.17) is 4.99 Å². The number of nitrogens with one attached hydrogen (secondary N) is 3. The molecule has 33 heavy (non-hydrogen) atoms. The zero-order valence-corrected chi connectivity index (χ0v) is 21.6. The molecule has 0 radical (unpaired) electrons. The third kappa shape index (κ3) is 8.53. The lowest BCUT2D eigenvalue weighted by atomic mass is 10.1. The molecule has 0 unspecified atom stereocenters. The maximum absolute atomic E-state index is 11.8. The lowest BCUT2D eigenvalue weighted by Crippen LogP contribution is -2.38. The van der Waals surface area contributed by atoms with Crippen LogP contribution in [-0.4, -0.2) is 48.1 Å². The van der Waals surface area contributed by atoms with Crippen molar-refractivity contribution in [3.8, 4) is 0 Å². The number of aliphatic imine (C=N–C) groups is 1. The number of guanidine groups is 1. The first kappa shape index (κ1) is 26.4. The quantitative estimate of drug-likeness (QED) is 0.202. The molecule has 3 rings (SSSR count). The molecule has 2 aromatic carbocycles. The first-order chi connectivity index (χ1) is 15.7. The van der Waals surface area contributed by atoms with Crippen molar-refractivity contribution in [2.45, 2.75) is 26.3 Å². The van der Waals surface area contributed by atoms with E-state index in [2.05, 4.69) is 56.7 Å². The highest BCUT2D eigenvalue weighted by atomic mass is 127. The minimum absolute atomic E-state index is 0. The zero-order valence-electron chi connectivity index (χ0n) is 19.3. The standard InChI is InChI=1S/C25H32N6O.HI/c1-3-27-25(29-14-12-20-10-7-11-22(18-20)24(32)26-2)30-15-13-23-28-16-17-31(23)19-21-8-5-4-6-9-21;/h4-11,16-18H,3,12-15,19H2,1-2H3,(H,26,32)(H2,27,29,30);1H. The summed E-state index contributed by atoms with van der Waals surface area (Å²) in [5, 5.41) is 9.33. The Morgan fingerprint density at radius 2 is 1.82 bits per heavy atom. The molecule has 176 valence electrons. The summed E-state index contributed by atoms with van der Waals surface area (Å²) < 4.78 is 2.17. The van der Waals surface area contributed by atoms with Crippen molar-refractivity contribution < 1.29 is 4.79 Å². The number of halogens is 1. The number of rotatable bonds is 10.